The van der Waals surface area contributed by atoms with Crippen LogP contribution in [0.25, 0.3) is 0 Å². The van der Waals surface area contributed by atoms with Gasteiger partial charge in [-0.25, -0.2) is 0 Å². The number of carbonyl (C=O) groups is 3. The van der Waals surface area contributed by atoms with Crippen LogP contribution in [-0.2, 0) is 14.4 Å². The Bertz CT molecular complexity index is 839. The summed E-state index contributed by atoms with van der Waals surface area (Å²) in [5, 5.41) is 11.2. The molecule has 31 heavy (non-hydrogen) atoms. The second-order valence-electron chi connectivity index (χ2n) is 8.56. The van der Waals surface area contributed by atoms with Crippen molar-refractivity contribution < 1.29 is 19.5 Å². The number of nitrogen functional groups attached to an aromatic ring is 1. The molecule has 0 bridgehead atoms. The fourth-order valence-corrected chi connectivity index (χ4v) is 3.84. The van der Waals surface area contributed by atoms with Crippen molar-refractivity contribution in [3.63, 3.8) is 0 Å². The van der Waals surface area contributed by atoms with E-state index in [1.54, 1.807) is 17.0 Å². The molecule has 0 saturated heterocycles. The lowest BCUT2D eigenvalue weighted by molar-refractivity contribution is -0.139. The van der Waals surface area contributed by atoms with Crippen molar-refractivity contribution in [1.29, 1.82) is 0 Å². The van der Waals surface area contributed by atoms with Crippen molar-refractivity contribution in [2.75, 3.05) is 18.8 Å². The van der Waals surface area contributed by atoms with E-state index in [2.05, 4.69) is 0 Å². The van der Waals surface area contributed by atoms with Crippen LogP contribution in [0, 0.1) is 0 Å². The Morgan fingerprint density at radius 2 is 1.65 bits per heavy atom. The molecule has 1 heterocycles. The zero-order chi connectivity index (χ0) is 23.3. The first-order valence-electron chi connectivity index (χ1n) is 10.2. The highest BCUT2D eigenvalue weighted by molar-refractivity contribution is 6.38. The number of benzene rings is 1. The Hall–Kier alpha value is -2.09. The molecule has 1 unspecified atom stereocenters. The maximum absolute atomic E-state index is 12.9. The maximum Gasteiger partial charge on any atom is 0.253 e. The largest absolute Gasteiger partial charge is 0.396 e. The van der Waals surface area contributed by atoms with Crippen LogP contribution in [0.1, 0.15) is 58.1 Å². The Morgan fingerprint density at radius 1 is 1.10 bits per heavy atom. The van der Waals surface area contributed by atoms with E-state index in [0.29, 0.717) is 37.8 Å². The Balaban J connectivity index is 1.90. The maximum atomic E-state index is 12.9. The van der Waals surface area contributed by atoms with Gasteiger partial charge in [0.05, 0.1) is 28.4 Å². The van der Waals surface area contributed by atoms with Gasteiger partial charge < -0.3 is 15.7 Å². The second-order valence-corrected chi connectivity index (χ2v) is 9.38. The Kier molecular flexibility index (Phi) is 8.51. The molecule has 7 nitrogen and oxygen atoms in total. The van der Waals surface area contributed by atoms with E-state index >= 15 is 0 Å². The van der Waals surface area contributed by atoms with Crippen LogP contribution >= 0.6 is 23.2 Å². The number of rotatable bonds is 9. The van der Waals surface area contributed by atoms with Gasteiger partial charge in [-0.2, -0.15) is 0 Å². The summed E-state index contributed by atoms with van der Waals surface area (Å²) in [5.41, 5.74) is 5.98. The minimum absolute atomic E-state index is 0.0847. The molecule has 170 valence electrons. The van der Waals surface area contributed by atoms with Gasteiger partial charge in [0.2, 0.25) is 5.91 Å². The average Bonchev–Trinajstić information content (AvgIpc) is 3.00. The molecule has 9 heteroatoms. The molecule has 0 saturated carbocycles. The zero-order valence-corrected chi connectivity index (χ0v) is 19.5. The van der Waals surface area contributed by atoms with Crippen LogP contribution in [0.4, 0.5) is 5.69 Å². The smallest absolute Gasteiger partial charge is 0.253 e. The van der Waals surface area contributed by atoms with E-state index in [-0.39, 0.29) is 40.0 Å². The number of unbranched alkanes of at least 4 members (excludes halogenated alkanes) is 2. The third-order valence-corrected chi connectivity index (χ3v) is 5.75. The van der Waals surface area contributed by atoms with E-state index < -0.39 is 11.6 Å². The molecule has 1 atom stereocenters. The van der Waals surface area contributed by atoms with E-state index in [0.717, 1.165) is 0 Å². The molecule has 3 N–H and O–H groups in total. The van der Waals surface area contributed by atoms with Gasteiger partial charge in [-0.3, -0.25) is 19.3 Å². The van der Waals surface area contributed by atoms with E-state index in [1.165, 1.54) is 17.1 Å². The van der Waals surface area contributed by atoms with Gasteiger partial charge in [-0.05, 0) is 51.3 Å². The van der Waals surface area contributed by atoms with Crippen molar-refractivity contribution in [3.8, 4) is 0 Å². The third-order valence-electron chi connectivity index (χ3n) is 5.13. The molecule has 1 aliphatic heterocycles. The van der Waals surface area contributed by atoms with Gasteiger partial charge in [-0.15, -0.1) is 0 Å². The van der Waals surface area contributed by atoms with Crippen molar-refractivity contribution >= 4 is 46.6 Å². The van der Waals surface area contributed by atoms with E-state index in [1.807, 2.05) is 20.8 Å². The third kappa shape index (κ3) is 6.69. The Labute approximate surface area is 192 Å². The lowest BCUT2D eigenvalue weighted by atomic mass is 10.0. The summed E-state index contributed by atoms with van der Waals surface area (Å²) in [6, 6.07) is 3.10. The molecular weight excluding hydrogens is 441 g/mol. The summed E-state index contributed by atoms with van der Waals surface area (Å²) in [6.07, 6.45) is 3.80. The van der Waals surface area contributed by atoms with Crippen molar-refractivity contribution in [2.24, 2.45) is 0 Å². The zero-order valence-electron chi connectivity index (χ0n) is 18.0. The molecule has 0 fully saturated rings. The first kappa shape index (κ1) is 25.2. The minimum Gasteiger partial charge on any atom is -0.396 e. The van der Waals surface area contributed by atoms with Crippen LogP contribution in [0.2, 0.25) is 10.0 Å². The standard InChI is InChI=1S/C22H29Cl2N3O4/c1-22(2,3)27(13-17(28)14-11-15(23)21(25)16(24)12-14)20(31)7-5-4-6-10-26-18(29)8-9-19(26)30/h8-9,11-12,17,28H,4-7,10,13,25H2,1-3H3. The molecule has 3 amide bonds. The highest BCUT2D eigenvalue weighted by Crippen LogP contribution is 2.32. The van der Waals surface area contributed by atoms with Gasteiger partial charge in [0.25, 0.3) is 11.8 Å². The molecule has 1 aromatic carbocycles. The molecule has 0 aromatic heterocycles. The number of nitrogens with zero attached hydrogens (tertiary/aromatic N) is 2. The number of hydrogen-bond donors (Lipinski definition) is 2. The summed E-state index contributed by atoms with van der Waals surface area (Å²) >= 11 is 12.1. The highest BCUT2D eigenvalue weighted by atomic mass is 35.5. The summed E-state index contributed by atoms with van der Waals surface area (Å²) in [7, 11) is 0. The summed E-state index contributed by atoms with van der Waals surface area (Å²) in [6.45, 7) is 6.13. The van der Waals surface area contributed by atoms with Gasteiger partial charge in [0, 0.05) is 30.7 Å². The number of aliphatic hydroxyl groups is 1. The lowest BCUT2D eigenvalue weighted by Gasteiger charge is -2.37. The molecule has 1 aromatic rings. The summed E-state index contributed by atoms with van der Waals surface area (Å²) in [5.74, 6) is -0.678. The predicted molar refractivity (Wildman–Crippen MR) is 122 cm³/mol. The lowest BCUT2D eigenvalue weighted by Crippen LogP contribution is -2.47. The predicted octanol–water partition coefficient (Wildman–Crippen LogP) is 3.72. The molecule has 1 aliphatic rings. The molecule has 0 spiro atoms. The number of β-amino-alcohol motifs (C(OH)–C–C–N with tert-alkyl or cyclic N) is 1. The number of aliphatic hydroxyl groups excluding tert-OH is 1. The van der Waals surface area contributed by atoms with E-state index in [4.69, 9.17) is 28.9 Å². The van der Waals surface area contributed by atoms with Gasteiger partial charge in [0.1, 0.15) is 0 Å². The van der Waals surface area contributed by atoms with Gasteiger partial charge >= 0.3 is 0 Å². The SMILES string of the molecule is CC(C)(C)N(CC(O)c1cc(Cl)c(N)c(Cl)c1)C(=O)CCCCCN1C(=O)C=CC1=O. The molecule has 0 aliphatic carbocycles. The number of imide groups is 1. The normalized spacial score (nSPS) is 15.0. The Morgan fingerprint density at radius 3 is 2.16 bits per heavy atom. The van der Waals surface area contributed by atoms with Crippen LogP contribution in [0.15, 0.2) is 24.3 Å². The minimum atomic E-state index is -0.974. The van der Waals surface area contributed by atoms with Crippen LogP contribution in [-0.4, -0.2) is 51.3 Å². The summed E-state index contributed by atoms with van der Waals surface area (Å²) < 4.78 is 0. The van der Waals surface area contributed by atoms with Crippen LogP contribution in [0.3, 0.4) is 0 Å². The fraction of sp³-hybridized carbons (Fsp3) is 0.500. The monoisotopic (exact) mass is 469 g/mol. The summed E-state index contributed by atoms with van der Waals surface area (Å²) in [4.78, 5) is 38.8. The number of amides is 3. The van der Waals surface area contributed by atoms with Crippen molar-refractivity contribution in [2.45, 2.75) is 58.1 Å². The molecule has 2 rings (SSSR count). The topological polar surface area (TPSA) is 104 Å². The van der Waals surface area contributed by atoms with Crippen LogP contribution in [0.5, 0.6) is 0 Å². The van der Waals surface area contributed by atoms with Gasteiger partial charge in [0.15, 0.2) is 0 Å². The first-order chi connectivity index (χ1) is 14.4. The number of anilines is 1. The number of halogens is 2. The number of carbonyl (C=O) groups excluding carboxylic acids is 3. The highest BCUT2D eigenvalue weighted by Gasteiger charge is 2.29. The van der Waals surface area contributed by atoms with Crippen LogP contribution < -0.4 is 5.73 Å². The molecular formula is C22H29Cl2N3O4. The number of nitrogens with two attached hydrogens (primary N) is 1. The van der Waals surface area contributed by atoms with Crippen molar-refractivity contribution in [1.82, 2.24) is 9.80 Å². The average molecular weight is 470 g/mol. The van der Waals surface area contributed by atoms with E-state index in [9.17, 15) is 19.5 Å². The first-order valence-corrected chi connectivity index (χ1v) is 10.9. The second kappa shape index (κ2) is 10.5. The molecule has 0 radical (unpaired) electrons. The fourth-order valence-electron chi connectivity index (χ4n) is 3.33. The van der Waals surface area contributed by atoms with Crippen molar-refractivity contribution in [3.05, 3.63) is 39.9 Å². The quantitative estimate of drug-likeness (QED) is 0.325. The van der Waals surface area contributed by atoms with Gasteiger partial charge in [-0.1, -0.05) is 29.6 Å². The number of hydrogen-bond acceptors (Lipinski definition) is 5.